The van der Waals surface area contributed by atoms with Gasteiger partial charge in [-0.2, -0.15) is 4.98 Å². The van der Waals surface area contributed by atoms with Crippen molar-refractivity contribution in [3.63, 3.8) is 0 Å². The van der Waals surface area contributed by atoms with Gasteiger partial charge in [-0.25, -0.2) is 0 Å². The van der Waals surface area contributed by atoms with E-state index >= 15 is 0 Å². The molecule has 0 bridgehead atoms. The van der Waals surface area contributed by atoms with Crippen LogP contribution in [-0.4, -0.2) is 58.5 Å². The van der Waals surface area contributed by atoms with Gasteiger partial charge in [-0.3, -0.25) is 0 Å². The summed E-state index contributed by atoms with van der Waals surface area (Å²) in [6, 6.07) is 11.1. The minimum absolute atomic E-state index is 0.349. The van der Waals surface area contributed by atoms with Crippen molar-refractivity contribution in [1.82, 2.24) is 25.2 Å². The summed E-state index contributed by atoms with van der Waals surface area (Å²) in [5, 5.41) is 13.2. The maximum atomic E-state index is 5.90. The first-order valence-corrected chi connectivity index (χ1v) is 8.44. The molecule has 8 heteroatoms. The molecule has 0 N–H and O–H groups in total. The van der Waals surface area contributed by atoms with Crippen molar-refractivity contribution in [2.75, 3.05) is 38.1 Å². The Morgan fingerprint density at radius 2 is 1.72 bits per heavy atom. The highest BCUT2D eigenvalue weighted by Gasteiger charge is 2.17. The monoisotopic (exact) mass is 356 g/mol. The van der Waals surface area contributed by atoms with Gasteiger partial charge in [0.1, 0.15) is 0 Å². The minimum atomic E-state index is 0.349. The van der Waals surface area contributed by atoms with E-state index < -0.39 is 0 Å². The summed E-state index contributed by atoms with van der Waals surface area (Å²) in [6.07, 6.45) is 0. The van der Waals surface area contributed by atoms with Crippen LogP contribution in [0.15, 0.2) is 40.9 Å². The number of likely N-dealkylation sites (N-methyl/N-ethyl adjacent to an activating group) is 1. The molecule has 25 heavy (non-hydrogen) atoms. The van der Waals surface area contributed by atoms with Crippen LogP contribution in [0.5, 0.6) is 0 Å². The van der Waals surface area contributed by atoms with Gasteiger partial charge in [0.25, 0.3) is 5.89 Å². The maximum absolute atomic E-state index is 5.90. The zero-order valence-electron chi connectivity index (χ0n) is 13.8. The van der Waals surface area contributed by atoms with Crippen molar-refractivity contribution in [3.8, 4) is 23.0 Å². The topological polar surface area (TPSA) is 71.2 Å². The van der Waals surface area contributed by atoms with E-state index in [9.17, 15) is 0 Å². The molecule has 3 heterocycles. The second kappa shape index (κ2) is 6.78. The quantitative estimate of drug-likeness (QED) is 0.714. The Labute approximate surface area is 150 Å². The molecule has 1 saturated heterocycles. The summed E-state index contributed by atoms with van der Waals surface area (Å²) in [6.45, 7) is 3.95. The largest absolute Gasteiger partial charge is 0.353 e. The Balaban J connectivity index is 1.51. The molecule has 1 aliphatic rings. The lowest BCUT2D eigenvalue weighted by molar-refractivity contribution is 0.312. The van der Waals surface area contributed by atoms with Gasteiger partial charge < -0.3 is 14.3 Å². The van der Waals surface area contributed by atoms with Crippen LogP contribution in [0.4, 0.5) is 5.82 Å². The number of halogens is 1. The molecule has 128 valence electrons. The average molecular weight is 357 g/mol. The second-order valence-electron chi connectivity index (χ2n) is 6.00. The lowest BCUT2D eigenvalue weighted by Gasteiger charge is -2.32. The fourth-order valence-corrected chi connectivity index (χ4v) is 2.81. The van der Waals surface area contributed by atoms with Crippen molar-refractivity contribution in [1.29, 1.82) is 0 Å². The zero-order chi connectivity index (χ0) is 17.2. The van der Waals surface area contributed by atoms with Crippen LogP contribution in [0.1, 0.15) is 0 Å². The van der Waals surface area contributed by atoms with Crippen LogP contribution in [0.3, 0.4) is 0 Å². The van der Waals surface area contributed by atoms with Crippen LogP contribution < -0.4 is 4.90 Å². The normalized spacial score (nSPS) is 15.5. The molecule has 1 aromatic carbocycles. The Kier molecular flexibility index (Phi) is 4.33. The first-order chi connectivity index (χ1) is 12.2. The Morgan fingerprint density at radius 3 is 2.40 bits per heavy atom. The summed E-state index contributed by atoms with van der Waals surface area (Å²) in [5.74, 6) is 1.72. The van der Waals surface area contributed by atoms with E-state index in [1.165, 1.54) is 0 Å². The fraction of sp³-hybridized carbons (Fsp3) is 0.294. The van der Waals surface area contributed by atoms with Gasteiger partial charge in [0, 0.05) is 36.8 Å². The SMILES string of the molecule is CN1CCN(c2ccc(-c3nc(-c4ccc(Cl)cc4)no3)nn2)CC1. The summed E-state index contributed by atoms with van der Waals surface area (Å²) >= 11 is 5.90. The van der Waals surface area contributed by atoms with Gasteiger partial charge >= 0.3 is 0 Å². The molecule has 1 aliphatic heterocycles. The lowest BCUT2D eigenvalue weighted by atomic mass is 10.2. The molecule has 3 aromatic rings. The average Bonchev–Trinajstić information content (AvgIpc) is 3.13. The molecule has 0 amide bonds. The number of aromatic nitrogens is 4. The van der Waals surface area contributed by atoms with E-state index in [1.807, 2.05) is 24.3 Å². The Hall–Kier alpha value is -2.51. The number of benzene rings is 1. The highest BCUT2D eigenvalue weighted by molar-refractivity contribution is 6.30. The van der Waals surface area contributed by atoms with Crippen molar-refractivity contribution in [2.24, 2.45) is 0 Å². The Bertz CT molecular complexity index is 840. The Morgan fingerprint density at radius 1 is 0.960 bits per heavy atom. The van der Waals surface area contributed by atoms with Crippen LogP contribution >= 0.6 is 11.6 Å². The molecule has 0 radical (unpaired) electrons. The molecule has 0 spiro atoms. The van der Waals surface area contributed by atoms with Crippen molar-refractivity contribution in [3.05, 3.63) is 41.4 Å². The second-order valence-corrected chi connectivity index (χ2v) is 6.43. The summed E-state index contributed by atoms with van der Waals surface area (Å²) in [5.41, 5.74) is 1.40. The third kappa shape index (κ3) is 3.47. The molecule has 2 aromatic heterocycles. The van der Waals surface area contributed by atoms with Gasteiger partial charge in [-0.1, -0.05) is 16.8 Å². The van der Waals surface area contributed by atoms with E-state index in [2.05, 4.69) is 37.2 Å². The summed E-state index contributed by atoms with van der Waals surface area (Å²) in [4.78, 5) is 8.92. The maximum Gasteiger partial charge on any atom is 0.278 e. The van der Waals surface area contributed by atoms with E-state index in [0.29, 0.717) is 22.4 Å². The van der Waals surface area contributed by atoms with E-state index in [0.717, 1.165) is 37.6 Å². The number of nitrogens with zero attached hydrogens (tertiary/aromatic N) is 6. The van der Waals surface area contributed by atoms with Crippen molar-refractivity contribution >= 4 is 17.4 Å². The number of anilines is 1. The lowest BCUT2D eigenvalue weighted by Crippen LogP contribution is -2.44. The summed E-state index contributed by atoms with van der Waals surface area (Å²) in [7, 11) is 2.12. The molecule has 0 saturated carbocycles. The predicted octanol–water partition coefficient (Wildman–Crippen LogP) is 2.60. The van der Waals surface area contributed by atoms with Crippen molar-refractivity contribution in [2.45, 2.75) is 0 Å². The molecule has 0 aliphatic carbocycles. The van der Waals surface area contributed by atoms with Crippen LogP contribution in [0.25, 0.3) is 23.0 Å². The first kappa shape index (κ1) is 16.0. The third-order valence-electron chi connectivity index (χ3n) is 4.23. The molecule has 4 rings (SSSR count). The van der Waals surface area contributed by atoms with Crippen molar-refractivity contribution < 1.29 is 4.52 Å². The van der Waals surface area contributed by atoms with E-state index in [1.54, 1.807) is 12.1 Å². The van der Waals surface area contributed by atoms with Crippen LogP contribution in [-0.2, 0) is 0 Å². The highest BCUT2D eigenvalue weighted by atomic mass is 35.5. The number of hydrogen-bond acceptors (Lipinski definition) is 7. The van der Waals surface area contributed by atoms with Gasteiger partial charge in [-0.15, -0.1) is 10.2 Å². The highest BCUT2D eigenvalue weighted by Crippen LogP contribution is 2.23. The van der Waals surface area contributed by atoms with E-state index in [-0.39, 0.29) is 0 Å². The zero-order valence-corrected chi connectivity index (χ0v) is 14.5. The predicted molar refractivity (Wildman–Crippen MR) is 95.5 cm³/mol. The third-order valence-corrected chi connectivity index (χ3v) is 4.48. The fourth-order valence-electron chi connectivity index (χ4n) is 2.69. The molecule has 0 atom stereocenters. The van der Waals surface area contributed by atoms with E-state index in [4.69, 9.17) is 16.1 Å². The standard InChI is InChI=1S/C17H17ClN6O/c1-23-8-10-24(11-9-23)15-7-6-14(20-21-15)17-19-16(22-25-17)12-2-4-13(18)5-3-12/h2-7H,8-11H2,1H3. The number of rotatable bonds is 3. The minimum Gasteiger partial charge on any atom is -0.353 e. The first-order valence-electron chi connectivity index (χ1n) is 8.06. The van der Waals surface area contributed by atoms with Gasteiger partial charge in [0.05, 0.1) is 0 Å². The molecule has 1 fully saturated rings. The van der Waals surface area contributed by atoms with Crippen LogP contribution in [0.2, 0.25) is 5.02 Å². The number of piperazine rings is 1. The van der Waals surface area contributed by atoms with Gasteiger partial charge in [-0.05, 0) is 43.4 Å². The molecule has 0 unspecified atom stereocenters. The van der Waals surface area contributed by atoms with Gasteiger partial charge in [0.15, 0.2) is 11.5 Å². The van der Waals surface area contributed by atoms with Crippen LogP contribution in [0, 0.1) is 0 Å². The molecular formula is C17H17ClN6O. The summed E-state index contributed by atoms with van der Waals surface area (Å²) < 4.78 is 5.32. The molecule has 7 nitrogen and oxygen atoms in total. The molecular weight excluding hydrogens is 340 g/mol. The smallest absolute Gasteiger partial charge is 0.278 e. The van der Waals surface area contributed by atoms with Gasteiger partial charge in [0.2, 0.25) is 5.82 Å². The number of hydrogen-bond donors (Lipinski definition) is 0.